The Morgan fingerprint density at radius 2 is 2.33 bits per heavy atom. The van der Waals surface area contributed by atoms with Gasteiger partial charge in [0.1, 0.15) is 16.8 Å². The van der Waals surface area contributed by atoms with E-state index in [-0.39, 0.29) is 6.03 Å². The molecule has 0 unspecified atom stereocenters. The lowest BCUT2D eigenvalue weighted by atomic mass is 10.2. The third-order valence-corrected chi connectivity index (χ3v) is 4.60. The molecule has 0 aliphatic rings. The molecule has 6 nitrogen and oxygen atoms in total. The number of carbonyl (C=O) groups is 1. The topological polar surface area (TPSA) is 87.0 Å². The normalized spacial score (nSPS) is 10.0. The molecule has 8 heteroatoms. The smallest absolute Gasteiger partial charge is 0.319 e. The molecule has 2 aromatic rings. The highest BCUT2D eigenvalue weighted by Gasteiger charge is 2.08. The molecule has 0 atom stereocenters. The van der Waals surface area contributed by atoms with E-state index >= 15 is 0 Å². The Hall–Kier alpha value is -2.24. The Balaban J connectivity index is 1.90. The molecular weight excluding hydrogens is 344 g/mol. The van der Waals surface area contributed by atoms with Crippen molar-refractivity contribution in [2.24, 2.45) is 0 Å². The van der Waals surface area contributed by atoms with Crippen molar-refractivity contribution in [3.63, 3.8) is 0 Å². The summed E-state index contributed by atoms with van der Waals surface area (Å²) in [5.74, 6) is 1.38. The molecule has 1 aromatic heterocycles. The van der Waals surface area contributed by atoms with Crippen LogP contribution in [0, 0.1) is 11.3 Å². The molecule has 1 heterocycles. The van der Waals surface area contributed by atoms with Crippen LogP contribution in [0.3, 0.4) is 0 Å². The van der Waals surface area contributed by atoms with Crippen LogP contribution >= 0.6 is 23.1 Å². The summed E-state index contributed by atoms with van der Waals surface area (Å²) in [6.45, 7) is 2.69. The van der Waals surface area contributed by atoms with E-state index in [0.29, 0.717) is 30.2 Å². The molecule has 126 valence electrons. The molecule has 0 aliphatic heterocycles. The van der Waals surface area contributed by atoms with Crippen LogP contribution in [-0.4, -0.2) is 23.9 Å². The predicted octanol–water partition coefficient (Wildman–Crippen LogP) is 3.60. The maximum atomic E-state index is 12.0. The van der Waals surface area contributed by atoms with Crippen LogP contribution in [0.2, 0.25) is 0 Å². The van der Waals surface area contributed by atoms with E-state index in [1.54, 1.807) is 41.3 Å². The van der Waals surface area contributed by atoms with Crippen molar-refractivity contribution < 1.29 is 9.53 Å². The predicted molar refractivity (Wildman–Crippen MR) is 97.5 cm³/mol. The first-order valence-electron chi connectivity index (χ1n) is 7.30. The third-order valence-electron chi connectivity index (χ3n) is 2.95. The van der Waals surface area contributed by atoms with E-state index in [2.05, 4.69) is 21.7 Å². The average Bonchev–Trinajstić information content (AvgIpc) is 3.02. The number of urea groups is 1. The van der Waals surface area contributed by atoms with Crippen LogP contribution in [0.4, 0.5) is 10.5 Å². The van der Waals surface area contributed by atoms with Gasteiger partial charge in [-0.05, 0) is 31.4 Å². The number of nitrogens with one attached hydrogen (secondary N) is 2. The summed E-state index contributed by atoms with van der Waals surface area (Å²) < 4.78 is 5.36. The lowest BCUT2D eigenvalue weighted by Gasteiger charge is -2.09. The molecule has 2 amide bonds. The van der Waals surface area contributed by atoms with Gasteiger partial charge < -0.3 is 15.4 Å². The lowest BCUT2D eigenvalue weighted by Crippen LogP contribution is -2.28. The Morgan fingerprint density at radius 3 is 3.04 bits per heavy atom. The van der Waals surface area contributed by atoms with E-state index in [1.807, 2.05) is 18.6 Å². The summed E-state index contributed by atoms with van der Waals surface area (Å²) in [4.78, 5) is 16.4. The van der Waals surface area contributed by atoms with Gasteiger partial charge in [-0.25, -0.2) is 9.78 Å². The number of rotatable bonds is 7. The van der Waals surface area contributed by atoms with Crippen molar-refractivity contribution in [3.8, 4) is 11.8 Å². The highest BCUT2D eigenvalue weighted by molar-refractivity contribution is 7.97. The number of hydrogen-bond donors (Lipinski definition) is 2. The van der Waals surface area contributed by atoms with Crippen LogP contribution in [-0.2, 0) is 12.3 Å². The summed E-state index contributed by atoms with van der Waals surface area (Å²) in [6.07, 6.45) is 2.03. The first kappa shape index (κ1) is 18.1. The molecule has 0 saturated heterocycles. The number of thioether (sulfide) groups is 1. The summed E-state index contributed by atoms with van der Waals surface area (Å²) >= 11 is 3.30. The fourth-order valence-electron chi connectivity index (χ4n) is 1.94. The van der Waals surface area contributed by atoms with Crippen LogP contribution < -0.4 is 15.4 Å². The number of carbonyl (C=O) groups excluding carboxylic acids is 1. The third kappa shape index (κ3) is 5.15. The first-order chi connectivity index (χ1) is 11.7. The van der Waals surface area contributed by atoms with Gasteiger partial charge in [0.05, 0.1) is 24.4 Å². The zero-order valence-electron chi connectivity index (χ0n) is 13.5. The Kier molecular flexibility index (Phi) is 6.90. The fraction of sp³-hybridized carbons (Fsp3) is 0.312. The number of amides is 2. The van der Waals surface area contributed by atoms with E-state index in [4.69, 9.17) is 10.00 Å². The van der Waals surface area contributed by atoms with E-state index < -0.39 is 0 Å². The summed E-state index contributed by atoms with van der Waals surface area (Å²) in [6, 6.07) is 6.67. The van der Waals surface area contributed by atoms with Gasteiger partial charge in [-0.1, -0.05) is 0 Å². The number of hydrogen-bond acceptors (Lipinski definition) is 6. The average molecular weight is 362 g/mol. The van der Waals surface area contributed by atoms with Gasteiger partial charge in [0.25, 0.3) is 0 Å². The van der Waals surface area contributed by atoms with Gasteiger partial charge in [-0.15, -0.1) is 11.3 Å². The van der Waals surface area contributed by atoms with Crippen LogP contribution in [0.1, 0.15) is 23.2 Å². The Labute approximate surface area is 149 Å². The molecule has 0 spiro atoms. The highest BCUT2D eigenvalue weighted by atomic mass is 32.2. The molecule has 2 N–H and O–H groups in total. The maximum absolute atomic E-state index is 12.0. The van der Waals surface area contributed by atoms with Crippen LogP contribution in [0.25, 0.3) is 0 Å². The molecule has 0 fully saturated rings. The summed E-state index contributed by atoms with van der Waals surface area (Å²) in [5, 5.41) is 17.6. The van der Waals surface area contributed by atoms with Crippen LogP contribution in [0.15, 0.2) is 23.6 Å². The number of aromatic nitrogens is 1. The molecule has 0 radical (unpaired) electrons. The highest BCUT2D eigenvalue weighted by Crippen LogP contribution is 2.22. The second kappa shape index (κ2) is 9.15. The Morgan fingerprint density at radius 1 is 1.50 bits per heavy atom. The number of nitriles is 1. The minimum atomic E-state index is -0.345. The van der Waals surface area contributed by atoms with Gasteiger partial charge in [0.15, 0.2) is 0 Å². The van der Waals surface area contributed by atoms with Crippen molar-refractivity contribution in [2.45, 2.75) is 19.2 Å². The second-order valence-electron chi connectivity index (χ2n) is 4.73. The van der Waals surface area contributed by atoms with E-state index in [1.165, 1.54) is 0 Å². The lowest BCUT2D eigenvalue weighted by molar-refractivity contribution is 0.251. The van der Waals surface area contributed by atoms with Crippen molar-refractivity contribution in [3.05, 3.63) is 39.8 Å². The molecular formula is C16H18N4O2S2. The monoisotopic (exact) mass is 362 g/mol. The molecule has 24 heavy (non-hydrogen) atoms. The number of thiazole rings is 1. The number of anilines is 1. The largest absolute Gasteiger partial charge is 0.492 e. The zero-order valence-corrected chi connectivity index (χ0v) is 15.1. The number of ether oxygens (including phenoxy) is 1. The van der Waals surface area contributed by atoms with Crippen molar-refractivity contribution >= 4 is 34.8 Å². The van der Waals surface area contributed by atoms with Gasteiger partial charge in [-0.3, -0.25) is 0 Å². The number of benzene rings is 1. The minimum absolute atomic E-state index is 0.345. The quantitative estimate of drug-likeness (QED) is 0.786. The van der Waals surface area contributed by atoms with Crippen LogP contribution in [0.5, 0.6) is 5.75 Å². The van der Waals surface area contributed by atoms with E-state index in [0.717, 1.165) is 16.5 Å². The van der Waals surface area contributed by atoms with Crippen molar-refractivity contribution in [1.29, 1.82) is 5.26 Å². The molecule has 0 bridgehead atoms. The molecule has 1 aromatic carbocycles. The molecule has 0 aliphatic carbocycles. The second-order valence-corrected chi connectivity index (χ2v) is 6.54. The Bertz CT molecular complexity index is 740. The maximum Gasteiger partial charge on any atom is 0.319 e. The summed E-state index contributed by atoms with van der Waals surface area (Å²) in [7, 11) is 0. The van der Waals surface area contributed by atoms with Gasteiger partial charge in [0, 0.05) is 16.8 Å². The van der Waals surface area contributed by atoms with Gasteiger partial charge in [0.2, 0.25) is 0 Å². The van der Waals surface area contributed by atoms with Crippen molar-refractivity contribution in [2.75, 3.05) is 18.2 Å². The molecule has 2 rings (SSSR count). The SMILES string of the molecule is CCOc1ccc(NC(=O)NCc2csc(CSC)n2)cc1C#N. The van der Waals surface area contributed by atoms with Gasteiger partial charge >= 0.3 is 6.03 Å². The van der Waals surface area contributed by atoms with E-state index in [9.17, 15) is 4.79 Å². The standard InChI is InChI=1S/C16H18N4O2S2/c1-3-22-14-5-4-12(6-11(14)7-17)20-16(21)18-8-13-9-24-15(19-13)10-23-2/h4-6,9H,3,8,10H2,1-2H3,(H2,18,20,21). The minimum Gasteiger partial charge on any atom is -0.492 e. The van der Waals surface area contributed by atoms with Crippen molar-refractivity contribution in [1.82, 2.24) is 10.3 Å². The first-order valence-corrected chi connectivity index (χ1v) is 9.57. The molecule has 0 saturated carbocycles. The van der Waals surface area contributed by atoms with Gasteiger partial charge in [-0.2, -0.15) is 17.0 Å². The fourth-order valence-corrected chi connectivity index (χ4v) is 3.46. The number of nitrogens with zero attached hydrogens (tertiary/aromatic N) is 2. The zero-order chi connectivity index (χ0) is 17.4. The summed E-state index contributed by atoms with van der Waals surface area (Å²) in [5.41, 5.74) is 1.76.